The van der Waals surface area contributed by atoms with Crippen molar-refractivity contribution in [2.24, 2.45) is 0 Å². The summed E-state index contributed by atoms with van der Waals surface area (Å²) in [6.45, 7) is 9.78. The molecule has 0 aromatic rings. The fraction of sp³-hybridized carbons (Fsp3) is 0.368. The maximum atomic E-state index is 11.1. The van der Waals surface area contributed by atoms with E-state index in [1.807, 2.05) is 12.2 Å². The van der Waals surface area contributed by atoms with Crippen LogP contribution in [-0.4, -0.2) is 24.1 Å². The minimum Gasteiger partial charge on any atom is -0.445 e. The summed E-state index contributed by atoms with van der Waals surface area (Å²) in [5.74, 6) is 9.64. The Labute approximate surface area is 138 Å². The van der Waals surface area contributed by atoms with Gasteiger partial charge in [0.15, 0.2) is 12.2 Å². The van der Waals surface area contributed by atoms with Crippen molar-refractivity contribution in [3.8, 4) is 23.7 Å². The van der Waals surface area contributed by atoms with Gasteiger partial charge in [-0.2, -0.15) is 0 Å². The molecular formula is C19H22O4. The number of unbranched alkanes of at least 4 members (excludes halogenated alkanes) is 2. The van der Waals surface area contributed by atoms with Crippen molar-refractivity contribution in [3.63, 3.8) is 0 Å². The third-order valence-corrected chi connectivity index (χ3v) is 2.38. The third kappa shape index (κ3) is 12.7. The lowest BCUT2D eigenvalue weighted by Crippen LogP contribution is -2.11. The highest BCUT2D eigenvalue weighted by molar-refractivity contribution is 5.67. The lowest BCUT2D eigenvalue weighted by Gasteiger charge is -2.05. The summed E-state index contributed by atoms with van der Waals surface area (Å²) in [6, 6.07) is 0. The van der Waals surface area contributed by atoms with E-state index in [2.05, 4.69) is 36.8 Å². The molecule has 4 nitrogen and oxygen atoms in total. The second kappa shape index (κ2) is 13.0. The molecule has 23 heavy (non-hydrogen) atoms. The molecule has 2 atom stereocenters. The topological polar surface area (TPSA) is 52.6 Å². The standard InChI is InChI=1S/C19H22O4/c1-5-7-8-9-10-14-19(23-17(4)21)15-12-11-13-18(6-2)22-16(3)20/h5-6,10,14,18-19H,1-2,7-9H2,3-4H3/b14-10+/t18-,19+/m1/s1. The second-order valence-corrected chi connectivity index (χ2v) is 4.48. The average Bonchev–Trinajstić information content (AvgIpc) is 2.48. The summed E-state index contributed by atoms with van der Waals surface area (Å²) in [5.41, 5.74) is 0. The van der Waals surface area contributed by atoms with E-state index in [9.17, 15) is 9.59 Å². The number of esters is 2. The van der Waals surface area contributed by atoms with Crippen LogP contribution in [0, 0.1) is 23.7 Å². The maximum absolute atomic E-state index is 11.1. The van der Waals surface area contributed by atoms with Gasteiger partial charge < -0.3 is 9.47 Å². The number of allylic oxidation sites excluding steroid dienone is 2. The highest BCUT2D eigenvalue weighted by Crippen LogP contribution is 2.00. The highest BCUT2D eigenvalue weighted by atomic mass is 16.5. The summed E-state index contributed by atoms with van der Waals surface area (Å²) in [7, 11) is 0. The van der Waals surface area contributed by atoms with Crippen LogP contribution in [0.2, 0.25) is 0 Å². The molecule has 0 rings (SSSR count). The van der Waals surface area contributed by atoms with Crippen LogP contribution in [-0.2, 0) is 19.1 Å². The fourth-order valence-corrected chi connectivity index (χ4v) is 1.43. The average molecular weight is 314 g/mol. The SMILES string of the molecule is C=CCCC/C=C/[C@@H](C#CC#C[C@@H](C=C)OC(C)=O)OC(C)=O. The lowest BCUT2D eigenvalue weighted by atomic mass is 10.2. The molecule has 0 aliphatic carbocycles. The van der Waals surface area contributed by atoms with E-state index in [1.165, 1.54) is 19.9 Å². The Morgan fingerprint density at radius 1 is 1.00 bits per heavy atom. The quantitative estimate of drug-likeness (QED) is 0.299. The highest BCUT2D eigenvalue weighted by Gasteiger charge is 2.03. The van der Waals surface area contributed by atoms with Crippen LogP contribution in [0.3, 0.4) is 0 Å². The summed E-state index contributed by atoms with van der Waals surface area (Å²) in [5, 5.41) is 0. The summed E-state index contributed by atoms with van der Waals surface area (Å²) >= 11 is 0. The van der Waals surface area contributed by atoms with Crippen LogP contribution in [0.4, 0.5) is 0 Å². The van der Waals surface area contributed by atoms with Crippen LogP contribution >= 0.6 is 0 Å². The zero-order valence-electron chi connectivity index (χ0n) is 13.6. The first-order valence-electron chi connectivity index (χ1n) is 7.25. The van der Waals surface area contributed by atoms with E-state index in [-0.39, 0.29) is 0 Å². The Balaban J connectivity index is 4.72. The van der Waals surface area contributed by atoms with Crippen LogP contribution in [0.1, 0.15) is 33.1 Å². The Hall–Kier alpha value is -2.72. The van der Waals surface area contributed by atoms with Gasteiger partial charge in [0, 0.05) is 13.8 Å². The van der Waals surface area contributed by atoms with Gasteiger partial charge in [-0.25, -0.2) is 0 Å². The van der Waals surface area contributed by atoms with Crippen molar-refractivity contribution < 1.29 is 19.1 Å². The largest absolute Gasteiger partial charge is 0.445 e. The van der Waals surface area contributed by atoms with E-state index in [1.54, 1.807) is 6.08 Å². The van der Waals surface area contributed by atoms with E-state index >= 15 is 0 Å². The van der Waals surface area contributed by atoms with Crippen molar-refractivity contribution in [1.29, 1.82) is 0 Å². The van der Waals surface area contributed by atoms with Gasteiger partial charge in [-0.1, -0.05) is 18.7 Å². The van der Waals surface area contributed by atoms with E-state index in [0.717, 1.165) is 19.3 Å². The van der Waals surface area contributed by atoms with E-state index < -0.39 is 24.1 Å². The Kier molecular flexibility index (Phi) is 11.4. The molecule has 0 radical (unpaired) electrons. The molecule has 0 saturated carbocycles. The van der Waals surface area contributed by atoms with Gasteiger partial charge in [-0.15, -0.1) is 6.58 Å². The first kappa shape index (κ1) is 20.3. The molecule has 0 aliphatic rings. The Morgan fingerprint density at radius 3 is 2.09 bits per heavy atom. The molecule has 0 aromatic carbocycles. The van der Waals surface area contributed by atoms with Gasteiger partial charge in [0.2, 0.25) is 0 Å². The number of rotatable bonds is 8. The third-order valence-electron chi connectivity index (χ3n) is 2.38. The van der Waals surface area contributed by atoms with Crippen LogP contribution < -0.4 is 0 Å². The first-order chi connectivity index (χ1) is 11.0. The van der Waals surface area contributed by atoms with Crippen molar-refractivity contribution in [3.05, 3.63) is 37.5 Å². The number of carbonyl (C=O) groups excluding carboxylic acids is 2. The van der Waals surface area contributed by atoms with Crippen LogP contribution in [0.25, 0.3) is 0 Å². The Morgan fingerprint density at radius 2 is 1.57 bits per heavy atom. The fourth-order valence-electron chi connectivity index (χ4n) is 1.43. The van der Waals surface area contributed by atoms with Crippen LogP contribution in [0.5, 0.6) is 0 Å². The van der Waals surface area contributed by atoms with Gasteiger partial charge in [-0.3, -0.25) is 9.59 Å². The molecule has 0 heterocycles. The predicted molar refractivity (Wildman–Crippen MR) is 90.0 cm³/mol. The van der Waals surface area contributed by atoms with Crippen molar-refractivity contribution >= 4 is 11.9 Å². The minimum absolute atomic E-state index is 0.420. The zero-order valence-corrected chi connectivity index (χ0v) is 13.6. The number of hydrogen-bond donors (Lipinski definition) is 0. The van der Waals surface area contributed by atoms with Crippen molar-refractivity contribution in [2.75, 3.05) is 0 Å². The number of hydrogen-bond acceptors (Lipinski definition) is 4. The molecular weight excluding hydrogens is 292 g/mol. The van der Waals surface area contributed by atoms with Crippen molar-refractivity contribution in [1.82, 2.24) is 0 Å². The molecule has 0 aliphatic heterocycles. The minimum atomic E-state index is -0.705. The van der Waals surface area contributed by atoms with Gasteiger partial charge in [-0.05, 0) is 55.1 Å². The summed E-state index contributed by atoms with van der Waals surface area (Å²) in [6.07, 6.45) is 8.28. The first-order valence-corrected chi connectivity index (χ1v) is 7.25. The summed E-state index contributed by atoms with van der Waals surface area (Å²) in [4.78, 5) is 21.9. The Bertz CT molecular complexity index is 564. The van der Waals surface area contributed by atoms with E-state index in [4.69, 9.17) is 9.47 Å². The lowest BCUT2D eigenvalue weighted by molar-refractivity contribution is -0.143. The van der Waals surface area contributed by atoms with Gasteiger partial charge in [0.1, 0.15) is 0 Å². The molecule has 0 amide bonds. The normalized spacial score (nSPS) is 11.9. The molecule has 0 fully saturated rings. The summed E-state index contributed by atoms with van der Waals surface area (Å²) < 4.78 is 9.93. The van der Waals surface area contributed by atoms with Gasteiger partial charge in [0.05, 0.1) is 0 Å². The second-order valence-electron chi connectivity index (χ2n) is 4.48. The number of carbonyl (C=O) groups is 2. The van der Waals surface area contributed by atoms with E-state index in [0.29, 0.717) is 0 Å². The maximum Gasteiger partial charge on any atom is 0.304 e. The van der Waals surface area contributed by atoms with Gasteiger partial charge in [0.25, 0.3) is 0 Å². The van der Waals surface area contributed by atoms with Gasteiger partial charge >= 0.3 is 11.9 Å². The number of ether oxygens (including phenoxy) is 2. The molecule has 122 valence electrons. The molecule has 0 unspecified atom stereocenters. The molecule has 0 spiro atoms. The molecule has 0 aromatic heterocycles. The smallest absolute Gasteiger partial charge is 0.304 e. The zero-order chi connectivity index (χ0) is 17.5. The van der Waals surface area contributed by atoms with Crippen LogP contribution in [0.15, 0.2) is 37.5 Å². The molecule has 4 heteroatoms. The molecule has 0 saturated heterocycles. The molecule has 0 bridgehead atoms. The predicted octanol–water partition coefficient (Wildman–Crippen LogP) is 2.96. The van der Waals surface area contributed by atoms with Crippen molar-refractivity contribution in [2.45, 2.75) is 45.3 Å². The molecule has 0 N–H and O–H groups in total. The monoisotopic (exact) mass is 314 g/mol.